The third-order valence-electron chi connectivity index (χ3n) is 11.8. The van der Waals surface area contributed by atoms with Gasteiger partial charge in [0.2, 0.25) is 5.91 Å². The number of hydrogen-bond acceptors (Lipinski definition) is 4. The van der Waals surface area contributed by atoms with Gasteiger partial charge >= 0.3 is 5.97 Å². The van der Waals surface area contributed by atoms with Crippen LogP contribution in [0.5, 0.6) is 5.75 Å². The summed E-state index contributed by atoms with van der Waals surface area (Å²) in [5.74, 6) is 3.86. The van der Waals surface area contributed by atoms with Crippen molar-refractivity contribution in [1.29, 1.82) is 0 Å². The molecule has 4 rings (SSSR count). The normalized spacial score (nSPS) is 25.2. The third kappa shape index (κ3) is 9.69. The molecule has 1 amide bonds. The summed E-state index contributed by atoms with van der Waals surface area (Å²) in [5, 5.41) is 0. The second kappa shape index (κ2) is 17.8. The standard InChI is InChI=1S/C41H65NO4/c1-6-7-26-42(5)38(44)19-17-15-13-11-9-8-10-12-14-16-18-32-29-41(4)36(24-25-37(41)43)35-22-20-31-28-33(21-23-34(31)40(32)35)46-39(45)27-30(2)3/h21,23,28,30,32,35-36,40H,6-20,22,24-27,29H2,1-5H3/t32-,35-,36-,40+,41-/m0/s1. The first kappa shape index (κ1) is 36.7. The van der Waals surface area contributed by atoms with Crippen LogP contribution >= 0.6 is 0 Å². The molecule has 5 heteroatoms. The first-order valence-corrected chi connectivity index (χ1v) is 19.2. The fourth-order valence-electron chi connectivity index (χ4n) is 9.29. The number of rotatable bonds is 19. The van der Waals surface area contributed by atoms with E-state index >= 15 is 0 Å². The van der Waals surface area contributed by atoms with E-state index in [2.05, 4.69) is 26.0 Å². The van der Waals surface area contributed by atoms with Crippen LogP contribution in [0.15, 0.2) is 18.2 Å². The van der Waals surface area contributed by atoms with E-state index in [1.54, 1.807) is 0 Å². The van der Waals surface area contributed by atoms with Gasteiger partial charge in [-0.2, -0.15) is 0 Å². The molecule has 1 aromatic carbocycles. The molecule has 2 fully saturated rings. The zero-order valence-corrected chi connectivity index (χ0v) is 30.0. The van der Waals surface area contributed by atoms with Crippen LogP contribution < -0.4 is 4.74 Å². The smallest absolute Gasteiger partial charge is 0.311 e. The zero-order valence-electron chi connectivity index (χ0n) is 30.0. The van der Waals surface area contributed by atoms with E-state index in [-0.39, 0.29) is 11.4 Å². The van der Waals surface area contributed by atoms with Crippen LogP contribution in [0.1, 0.15) is 167 Å². The maximum atomic E-state index is 13.2. The molecule has 258 valence electrons. The van der Waals surface area contributed by atoms with Crippen molar-refractivity contribution in [3.63, 3.8) is 0 Å². The second-order valence-corrected chi connectivity index (χ2v) is 15.9. The molecule has 0 aromatic heterocycles. The molecule has 3 aliphatic carbocycles. The zero-order chi connectivity index (χ0) is 33.1. The Morgan fingerprint density at radius 3 is 2.28 bits per heavy atom. The molecule has 0 aliphatic heterocycles. The number of ether oxygens (including phenoxy) is 1. The Balaban J connectivity index is 1.21. The number of benzene rings is 1. The highest BCUT2D eigenvalue weighted by molar-refractivity contribution is 5.87. The number of aryl methyl sites for hydroxylation is 1. The molecule has 3 aliphatic rings. The monoisotopic (exact) mass is 635 g/mol. The Kier molecular flexibility index (Phi) is 14.2. The summed E-state index contributed by atoms with van der Waals surface area (Å²) >= 11 is 0. The van der Waals surface area contributed by atoms with Gasteiger partial charge in [-0.3, -0.25) is 14.4 Å². The van der Waals surface area contributed by atoms with Gasteiger partial charge in [-0.05, 0) is 97.8 Å². The lowest BCUT2D eigenvalue weighted by Crippen LogP contribution is -2.46. The SMILES string of the molecule is CCCCN(C)C(=O)CCCCCCCCCCCC[C@H]1C[C@]2(C)C(=O)CC[C@H]2[C@@H]2CCc3cc(OC(=O)CC(C)C)ccc3[C@@H]12. The van der Waals surface area contributed by atoms with Crippen LogP contribution in [0.2, 0.25) is 0 Å². The number of amides is 1. The van der Waals surface area contributed by atoms with Crippen molar-refractivity contribution in [2.75, 3.05) is 13.6 Å². The fraction of sp³-hybridized carbons (Fsp3) is 0.780. The summed E-state index contributed by atoms with van der Waals surface area (Å²) in [4.78, 5) is 39.6. The number of nitrogens with zero attached hydrogens (tertiary/aromatic N) is 1. The summed E-state index contributed by atoms with van der Waals surface area (Å²) in [6, 6.07) is 6.43. The van der Waals surface area contributed by atoms with E-state index in [1.165, 1.54) is 75.3 Å². The lowest BCUT2D eigenvalue weighted by molar-refractivity contribution is -0.135. The number of Topliss-reactive ketones (excluding diaryl/α,β-unsaturated/α-hetero) is 1. The third-order valence-corrected chi connectivity index (χ3v) is 11.8. The van der Waals surface area contributed by atoms with E-state index in [0.29, 0.717) is 59.9 Å². The van der Waals surface area contributed by atoms with Crippen molar-refractivity contribution in [1.82, 2.24) is 4.90 Å². The van der Waals surface area contributed by atoms with Crippen LogP contribution in [-0.4, -0.2) is 36.2 Å². The van der Waals surface area contributed by atoms with Gasteiger partial charge in [-0.1, -0.05) is 98.0 Å². The average Bonchev–Trinajstić information content (AvgIpc) is 3.32. The Morgan fingerprint density at radius 2 is 1.61 bits per heavy atom. The molecule has 5 nitrogen and oxygen atoms in total. The first-order valence-electron chi connectivity index (χ1n) is 19.2. The summed E-state index contributed by atoms with van der Waals surface area (Å²) in [5.41, 5.74) is 2.70. The fourth-order valence-corrected chi connectivity index (χ4v) is 9.29. The van der Waals surface area contributed by atoms with Crippen molar-refractivity contribution >= 4 is 17.7 Å². The van der Waals surface area contributed by atoms with E-state index in [9.17, 15) is 14.4 Å². The summed E-state index contributed by atoms with van der Waals surface area (Å²) in [6.45, 7) is 9.45. The summed E-state index contributed by atoms with van der Waals surface area (Å²) in [7, 11) is 1.94. The Morgan fingerprint density at radius 1 is 0.935 bits per heavy atom. The van der Waals surface area contributed by atoms with Gasteiger partial charge < -0.3 is 9.64 Å². The number of esters is 1. The maximum Gasteiger partial charge on any atom is 0.311 e. The molecule has 0 spiro atoms. The molecule has 1 aromatic rings. The molecule has 0 saturated heterocycles. The number of unbranched alkanes of at least 4 members (excludes halogenated alkanes) is 10. The highest BCUT2D eigenvalue weighted by atomic mass is 16.5. The van der Waals surface area contributed by atoms with E-state index in [0.717, 1.165) is 57.9 Å². The van der Waals surface area contributed by atoms with E-state index in [1.807, 2.05) is 31.9 Å². The van der Waals surface area contributed by atoms with E-state index in [4.69, 9.17) is 4.74 Å². The number of ketones is 1. The van der Waals surface area contributed by atoms with Gasteiger partial charge in [0, 0.05) is 38.3 Å². The molecule has 0 bridgehead atoms. The maximum absolute atomic E-state index is 13.2. The quantitative estimate of drug-likeness (QED) is 0.0862. The Bertz CT molecular complexity index is 1140. The van der Waals surface area contributed by atoms with Gasteiger partial charge in [-0.25, -0.2) is 0 Å². The van der Waals surface area contributed by atoms with Crippen molar-refractivity contribution in [2.45, 2.75) is 162 Å². The number of carbonyl (C=O) groups is 3. The summed E-state index contributed by atoms with van der Waals surface area (Å²) < 4.78 is 5.73. The number of hydrogen-bond donors (Lipinski definition) is 0. The van der Waals surface area contributed by atoms with Crippen LogP contribution in [-0.2, 0) is 20.8 Å². The minimum atomic E-state index is -0.145. The van der Waals surface area contributed by atoms with Gasteiger partial charge in [0.25, 0.3) is 0 Å². The second-order valence-electron chi connectivity index (χ2n) is 15.9. The van der Waals surface area contributed by atoms with Gasteiger partial charge in [0.15, 0.2) is 0 Å². The molecule has 0 radical (unpaired) electrons. The van der Waals surface area contributed by atoms with Gasteiger partial charge in [0.1, 0.15) is 11.5 Å². The molecule has 5 atom stereocenters. The summed E-state index contributed by atoms with van der Waals surface area (Å²) in [6.07, 6.45) is 22.2. The lowest BCUT2D eigenvalue weighted by atomic mass is 9.51. The predicted octanol–water partition coefficient (Wildman–Crippen LogP) is 10.2. The van der Waals surface area contributed by atoms with Crippen LogP contribution in [0.3, 0.4) is 0 Å². The lowest BCUT2D eigenvalue weighted by Gasteiger charge is -2.52. The predicted molar refractivity (Wildman–Crippen MR) is 188 cm³/mol. The molecular formula is C41H65NO4. The topological polar surface area (TPSA) is 63.7 Å². The van der Waals surface area contributed by atoms with Crippen LogP contribution in [0.4, 0.5) is 0 Å². The Hall–Kier alpha value is -2.17. The largest absolute Gasteiger partial charge is 0.427 e. The van der Waals surface area contributed by atoms with Crippen molar-refractivity contribution < 1.29 is 19.1 Å². The minimum Gasteiger partial charge on any atom is -0.427 e. The van der Waals surface area contributed by atoms with Crippen LogP contribution in [0, 0.1) is 29.1 Å². The number of carbonyl (C=O) groups excluding carboxylic acids is 3. The highest BCUT2D eigenvalue weighted by Gasteiger charge is 2.57. The van der Waals surface area contributed by atoms with Crippen LogP contribution in [0.25, 0.3) is 0 Å². The minimum absolute atomic E-state index is 0.131. The molecule has 0 N–H and O–H groups in total. The number of fused-ring (bicyclic) bond motifs is 5. The first-order chi connectivity index (χ1) is 22.1. The molecule has 0 heterocycles. The van der Waals surface area contributed by atoms with Crippen molar-refractivity contribution in [3.05, 3.63) is 29.3 Å². The highest BCUT2D eigenvalue weighted by Crippen LogP contribution is 2.62. The van der Waals surface area contributed by atoms with Crippen molar-refractivity contribution in [3.8, 4) is 5.75 Å². The van der Waals surface area contributed by atoms with E-state index < -0.39 is 0 Å². The molecule has 0 unspecified atom stereocenters. The van der Waals surface area contributed by atoms with Gasteiger partial charge in [-0.15, -0.1) is 0 Å². The van der Waals surface area contributed by atoms with Gasteiger partial charge in [0.05, 0.1) is 0 Å². The molecule has 2 saturated carbocycles. The molecular weight excluding hydrogens is 570 g/mol. The molecule has 46 heavy (non-hydrogen) atoms. The van der Waals surface area contributed by atoms with Crippen molar-refractivity contribution in [2.24, 2.45) is 29.1 Å². The Labute approximate surface area is 281 Å². The average molecular weight is 636 g/mol.